The highest BCUT2D eigenvalue weighted by atomic mass is 15.0. The van der Waals surface area contributed by atoms with Crippen LogP contribution >= 0.6 is 0 Å². The monoisotopic (exact) mass is 650 g/mol. The van der Waals surface area contributed by atoms with E-state index < -0.39 is 5.41 Å². The molecule has 0 unspecified atom stereocenters. The molecule has 0 fully saturated rings. The van der Waals surface area contributed by atoms with Gasteiger partial charge in [0.1, 0.15) is 0 Å². The molecule has 10 rings (SSSR count). The molecule has 2 aliphatic carbocycles. The second-order valence-electron chi connectivity index (χ2n) is 13.6. The Morgan fingerprint density at radius 1 is 0.490 bits per heavy atom. The van der Waals surface area contributed by atoms with Gasteiger partial charge in [0.2, 0.25) is 0 Å². The van der Waals surface area contributed by atoms with Crippen LogP contribution in [0.1, 0.15) is 40.3 Å². The SMILES string of the molecule is C=C(/N=C(\C1=C(C)C2(c3ccccc31)c1ccccc1-c1ccccc12)c1ccccc1)c1ccc(-n2c3ccccc3c3ccccc32)cc1. The molecule has 0 bridgehead atoms. The normalized spacial score (nSPS) is 14.3. The van der Waals surface area contributed by atoms with E-state index in [0.29, 0.717) is 0 Å². The number of hydrogen-bond acceptors (Lipinski definition) is 1. The van der Waals surface area contributed by atoms with Crippen LogP contribution in [0, 0.1) is 0 Å². The average Bonchev–Trinajstić information content (AvgIpc) is 3.78. The van der Waals surface area contributed by atoms with Crippen molar-refractivity contribution in [2.45, 2.75) is 12.3 Å². The molecule has 0 atom stereocenters. The molecule has 2 nitrogen and oxygen atoms in total. The lowest BCUT2D eigenvalue weighted by molar-refractivity contribution is 0.767. The summed E-state index contributed by atoms with van der Waals surface area (Å²) in [5, 5.41) is 2.51. The summed E-state index contributed by atoms with van der Waals surface area (Å²) in [5.74, 6) is 0. The summed E-state index contributed by atoms with van der Waals surface area (Å²) in [6, 6.07) is 63.3. The van der Waals surface area contributed by atoms with Gasteiger partial charge in [0, 0.05) is 27.6 Å². The summed E-state index contributed by atoms with van der Waals surface area (Å²) in [4.78, 5) is 5.46. The Hall–Kier alpha value is -6.51. The highest BCUT2D eigenvalue weighted by Crippen LogP contribution is 2.62. The number of nitrogens with zero attached hydrogens (tertiary/aromatic N) is 2. The zero-order valence-corrected chi connectivity index (χ0v) is 28.3. The van der Waals surface area contributed by atoms with Gasteiger partial charge >= 0.3 is 0 Å². The number of rotatable bonds is 5. The van der Waals surface area contributed by atoms with Crippen LogP contribution in [0.15, 0.2) is 193 Å². The molecule has 0 N–H and O–H groups in total. The van der Waals surface area contributed by atoms with Gasteiger partial charge in [-0.15, -0.1) is 0 Å². The van der Waals surface area contributed by atoms with Gasteiger partial charge in [-0.05, 0) is 75.7 Å². The number of fused-ring (bicyclic) bond motifs is 10. The first-order valence-corrected chi connectivity index (χ1v) is 17.6. The molecule has 2 aliphatic rings. The second kappa shape index (κ2) is 11.3. The zero-order chi connectivity index (χ0) is 34.1. The summed E-state index contributed by atoms with van der Waals surface area (Å²) < 4.78 is 2.34. The predicted octanol–water partition coefficient (Wildman–Crippen LogP) is 12.0. The maximum absolute atomic E-state index is 5.46. The minimum absolute atomic E-state index is 0.403. The van der Waals surface area contributed by atoms with Crippen LogP contribution in [0.3, 0.4) is 0 Å². The molecule has 2 heteroatoms. The van der Waals surface area contributed by atoms with E-state index in [9.17, 15) is 0 Å². The van der Waals surface area contributed by atoms with Crippen molar-refractivity contribution in [1.82, 2.24) is 4.57 Å². The van der Waals surface area contributed by atoms with E-state index >= 15 is 0 Å². The van der Waals surface area contributed by atoms with Crippen LogP contribution < -0.4 is 0 Å². The van der Waals surface area contributed by atoms with Gasteiger partial charge in [-0.1, -0.05) is 158 Å². The van der Waals surface area contributed by atoms with Gasteiger partial charge in [0.15, 0.2) is 0 Å². The van der Waals surface area contributed by atoms with E-state index in [-0.39, 0.29) is 0 Å². The summed E-state index contributed by atoms with van der Waals surface area (Å²) in [6.07, 6.45) is 0. The molecule has 1 spiro atoms. The number of aromatic nitrogens is 1. The molecule has 0 saturated carbocycles. The van der Waals surface area contributed by atoms with E-state index in [1.807, 2.05) is 0 Å². The molecule has 1 aromatic heterocycles. The first-order valence-electron chi connectivity index (χ1n) is 17.6. The van der Waals surface area contributed by atoms with Crippen molar-refractivity contribution < 1.29 is 0 Å². The van der Waals surface area contributed by atoms with E-state index in [2.05, 4.69) is 194 Å². The Balaban J connectivity index is 1.14. The van der Waals surface area contributed by atoms with Crippen LogP contribution in [0.2, 0.25) is 0 Å². The van der Waals surface area contributed by atoms with Crippen molar-refractivity contribution in [3.8, 4) is 16.8 Å². The molecule has 1 heterocycles. The minimum Gasteiger partial charge on any atom is -0.309 e. The van der Waals surface area contributed by atoms with Gasteiger partial charge in [-0.25, -0.2) is 4.99 Å². The van der Waals surface area contributed by atoms with E-state index in [4.69, 9.17) is 4.99 Å². The molecule has 7 aromatic carbocycles. The van der Waals surface area contributed by atoms with Gasteiger partial charge in [0.05, 0.1) is 27.9 Å². The largest absolute Gasteiger partial charge is 0.309 e. The van der Waals surface area contributed by atoms with E-state index in [0.717, 1.165) is 28.2 Å². The second-order valence-corrected chi connectivity index (χ2v) is 13.6. The van der Waals surface area contributed by atoms with Gasteiger partial charge < -0.3 is 4.57 Å². The molecule has 51 heavy (non-hydrogen) atoms. The highest BCUT2D eigenvalue weighted by molar-refractivity contribution is 6.35. The van der Waals surface area contributed by atoms with Gasteiger partial charge in [0.25, 0.3) is 0 Å². The lowest BCUT2D eigenvalue weighted by atomic mass is 9.70. The molecular weight excluding hydrogens is 617 g/mol. The molecule has 0 amide bonds. The fourth-order valence-electron chi connectivity index (χ4n) is 8.92. The quantitative estimate of drug-likeness (QED) is 0.165. The van der Waals surface area contributed by atoms with Crippen LogP contribution in [0.5, 0.6) is 0 Å². The Morgan fingerprint density at radius 2 is 0.961 bits per heavy atom. The van der Waals surface area contributed by atoms with Crippen molar-refractivity contribution in [2.75, 3.05) is 0 Å². The molecule has 8 aromatic rings. The molecule has 0 radical (unpaired) electrons. The lowest BCUT2D eigenvalue weighted by Crippen LogP contribution is -2.26. The Kier molecular flexibility index (Phi) is 6.50. The fraction of sp³-hybridized carbons (Fsp3) is 0.0408. The fourth-order valence-corrected chi connectivity index (χ4v) is 8.92. The predicted molar refractivity (Wildman–Crippen MR) is 214 cm³/mol. The molecule has 0 aliphatic heterocycles. The van der Waals surface area contributed by atoms with E-state index in [1.165, 1.54) is 66.3 Å². The van der Waals surface area contributed by atoms with Crippen molar-refractivity contribution >= 4 is 38.8 Å². The third-order valence-electron chi connectivity index (χ3n) is 11.1. The Bertz CT molecular complexity index is 2660. The first-order chi connectivity index (χ1) is 25.2. The summed E-state index contributed by atoms with van der Waals surface area (Å²) in [6.45, 7) is 6.89. The number of benzene rings is 7. The Morgan fingerprint density at radius 3 is 1.55 bits per heavy atom. The summed E-state index contributed by atoms with van der Waals surface area (Å²) >= 11 is 0. The van der Waals surface area contributed by atoms with Crippen LogP contribution in [0.4, 0.5) is 0 Å². The summed E-state index contributed by atoms with van der Waals surface area (Å²) in [5.41, 5.74) is 17.1. The van der Waals surface area contributed by atoms with Crippen molar-refractivity contribution in [3.05, 3.63) is 221 Å². The number of para-hydroxylation sites is 2. The van der Waals surface area contributed by atoms with Crippen molar-refractivity contribution in [1.29, 1.82) is 0 Å². The first kappa shape index (κ1) is 29.4. The number of hydrogen-bond donors (Lipinski definition) is 0. The van der Waals surface area contributed by atoms with E-state index in [1.54, 1.807) is 0 Å². The molecular formula is C49H34N2. The third-order valence-corrected chi connectivity index (χ3v) is 11.1. The number of aliphatic imine (C=N–C) groups is 1. The molecule has 240 valence electrons. The van der Waals surface area contributed by atoms with Crippen LogP contribution in [0.25, 0.3) is 49.9 Å². The van der Waals surface area contributed by atoms with Crippen molar-refractivity contribution in [3.63, 3.8) is 0 Å². The van der Waals surface area contributed by atoms with Gasteiger partial charge in [-0.3, -0.25) is 0 Å². The number of allylic oxidation sites excluding steroid dienone is 2. The van der Waals surface area contributed by atoms with Crippen molar-refractivity contribution in [2.24, 2.45) is 4.99 Å². The van der Waals surface area contributed by atoms with Crippen LogP contribution in [-0.4, -0.2) is 10.3 Å². The average molecular weight is 651 g/mol. The zero-order valence-electron chi connectivity index (χ0n) is 28.3. The highest BCUT2D eigenvalue weighted by Gasteiger charge is 2.51. The summed E-state index contributed by atoms with van der Waals surface area (Å²) in [7, 11) is 0. The standard InChI is InChI=1S/C49H34N2/c1-32-47(41-22-8-13-25-44(41)49(32)42-23-11-6-18-37(42)38-19-7-12-24-43(38)49)48(35-16-4-3-5-17-35)50-33(2)34-28-30-36(31-29-34)51-45-26-14-9-20-39(45)40-21-10-15-27-46(40)51/h3-31H,2H2,1H3/b50-48-. The lowest BCUT2D eigenvalue weighted by Gasteiger charge is -2.31. The molecule has 0 saturated heterocycles. The topological polar surface area (TPSA) is 17.3 Å². The maximum atomic E-state index is 5.46. The minimum atomic E-state index is -0.403. The third kappa shape index (κ3) is 4.14. The maximum Gasteiger partial charge on any atom is 0.0787 e. The smallest absolute Gasteiger partial charge is 0.0787 e. The Labute approximate surface area is 298 Å². The van der Waals surface area contributed by atoms with Gasteiger partial charge in [-0.2, -0.15) is 0 Å². The van der Waals surface area contributed by atoms with Crippen LogP contribution in [-0.2, 0) is 5.41 Å².